The van der Waals surface area contributed by atoms with Crippen LogP contribution >= 0.6 is 0 Å². The van der Waals surface area contributed by atoms with Crippen LogP contribution in [0.15, 0.2) is 42.6 Å². The summed E-state index contributed by atoms with van der Waals surface area (Å²) in [5.74, 6) is 0.775. The van der Waals surface area contributed by atoms with Gasteiger partial charge in [-0.1, -0.05) is 12.1 Å². The third-order valence-corrected chi connectivity index (χ3v) is 5.16. The lowest BCUT2D eigenvalue weighted by Crippen LogP contribution is -2.50. The van der Waals surface area contributed by atoms with Crippen molar-refractivity contribution in [2.75, 3.05) is 18.0 Å². The number of imidazole rings is 1. The first-order chi connectivity index (χ1) is 13.1. The van der Waals surface area contributed by atoms with Crippen LogP contribution in [-0.4, -0.2) is 39.8 Å². The van der Waals surface area contributed by atoms with Crippen molar-refractivity contribution in [2.45, 2.75) is 31.6 Å². The number of para-hydroxylation sites is 2. The fourth-order valence-electron chi connectivity index (χ4n) is 3.62. The van der Waals surface area contributed by atoms with Gasteiger partial charge in [-0.3, -0.25) is 4.98 Å². The second-order valence-electron chi connectivity index (χ2n) is 6.94. The zero-order chi connectivity index (χ0) is 19.0. The maximum Gasteiger partial charge on any atom is 0.207 e. The fraction of sp³-hybridized carbons (Fsp3) is 0.350. The van der Waals surface area contributed by atoms with Gasteiger partial charge in [-0.2, -0.15) is 5.26 Å². The summed E-state index contributed by atoms with van der Waals surface area (Å²) in [6.07, 6.45) is 1.000. The molecule has 3 atom stereocenters. The molecule has 0 amide bonds. The molecule has 138 valence electrons. The molecule has 0 bridgehead atoms. The number of piperidine rings is 1. The van der Waals surface area contributed by atoms with Crippen LogP contribution in [0.1, 0.15) is 30.6 Å². The Hall–Kier alpha value is -2.98. The summed E-state index contributed by atoms with van der Waals surface area (Å²) in [6, 6.07) is 13.0. The number of halogens is 1. The van der Waals surface area contributed by atoms with Gasteiger partial charge >= 0.3 is 0 Å². The first kappa shape index (κ1) is 17.4. The van der Waals surface area contributed by atoms with Crippen molar-refractivity contribution in [3.8, 4) is 6.07 Å². The van der Waals surface area contributed by atoms with E-state index in [1.54, 1.807) is 12.3 Å². The lowest BCUT2D eigenvalue weighted by Gasteiger charge is -2.34. The molecule has 0 saturated carbocycles. The zero-order valence-electron chi connectivity index (χ0n) is 15.1. The van der Waals surface area contributed by atoms with Crippen molar-refractivity contribution < 1.29 is 4.39 Å². The maximum atomic E-state index is 13.9. The number of nitrogens with two attached hydrogens (primary N) is 1. The Morgan fingerprint density at radius 3 is 2.81 bits per heavy atom. The van der Waals surface area contributed by atoms with Crippen LogP contribution in [0.3, 0.4) is 0 Å². The minimum absolute atomic E-state index is 0.0977. The van der Waals surface area contributed by atoms with E-state index >= 15 is 0 Å². The van der Waals surface area contributed by atoms with Gasteiger partial charge in [-0.05, 0) is 37.6 Å². The Morgan fingerprint density at radius 1 is 1.30 bits per heavy atom. The van der Waals surface area contributed by atoms with Crippen LogP contribution in [0, 0.1) is 11.3 Å². The molecule has 3 heterocycles. The molecular weight excluding hydrogens is 343 g/mol. The first-order valence-corrected chi connectivity index (χ1v) is 9.06. The summed E-state index contributed by atoms with van der Waals surface area (Å²) >= 11 is 0. The molecule has 2 aromatic heterocycles. The van der Waals surface area contributed by atoms with Gasteiger partial charge in [0, 0.05) is 19.3 Å². The molecular formula is C20H21FN6. The lowest BCUT2D eigenvalue weighted by molar-refractivity contribution is 0.243. The maximum absolute atomic E-state index is 13.9. The van der Waals surface area contributed by atoms with E-state index in [9.17, 15) is 4.39 Å². The fourth-order valence-corrected chi connectivity index (χ4v) is 3.62. The van der Waals surface area contributed by atoms with Crippen LogP contribution in [0.25, 0.3) is 11.0 Å². The predicted molar refractivity (Wildman–Crippen MR) is 102 cm³/mol. The average Bonchev–Trinajstić information content (AvgIpc) is 3.09. The van der Waals surface area contributed by atoms with Gasteiger partial charge in [0.25, 0.3) is 0 Å². The van der Waals surface area contributed by atoms with Crippen LogP contribution in [-0.2, 0) is 0 Å². The molecule has 1 aromatic carbocycles. The van der Waals surface area contributed by atoms with Crippen molar-refractivity contribution in [1.29, 1.82) is 5.26 Å². The van der Waals surface area contributed by atoms with E-state index in [1.165, 1.54) is 0 Å². The molecule has 7 heteroatoms. The number of anilines is 1. The number of pyridine rings is 1. The van der Waals surface area contributed by atoms with E-state index in [0.717, 1.165) is 22.7 Å². The minimum Gasteiger partial charge on any atom is -0.340 e. The van der Waals surface area contributed by atoms with Crippen LogP contribution in [0.2, 0.25) is 0 Å². The van der Waals surface area contributed by atoms with Gasteiger partial charge < -0.3 is 15.2 Å². The van der Waals surface area contributed by atoms with Crippen molar-refractivity contribution in [3.63, 3.8) is 0 Å². The molecule has 1 fully saturated rings. The largest absolute Gasteiger partial charge is 0.340 e. The molecule has 6 nitrogen and oxygen atoms in total. The monoisotopic (exact) mass is 364 g/mol. The topological polar surface area (TPSA) is 83.8 Å². The Morgan fingerprint density at radius 2 is 2.11 bits per heavy atom. The highest BCUT2D eigenvalue weighted by Gasteiger charge is 2.30. The normalized spacial score (nSPS) is 21.2. The molecule has 0 aliphatic carbocycles. The summed E-state index contributed by atoms with van der Waals surface area (Å²) in [5.41, 5.74) is 9.20. The predicted octanol–water partition coefficient (Wildman–Crippen LogP) is 2.79. The number of hydrogen-bond acceptors (Lipinski definition) is 5. The smallest absolute Gasteiger partial charge is 0.207 e. The number of benzene rings is 1. The molecule has 1 saturated heterocycles. The second-order valence-corrected chi connectivity index (χ2v) is 6.94. The Bertz CT molecular complexity index is 990. The third-order valence-electron chi connectivity index (χ3n) is 5.16. The highest BCUT2D eigenvalue weighted by atomic mass is 19.1. The molecule has 0 spiro atoms. The van der Waals surface area contributed by atoms with E-state index in [0.29, 0.717) is 25.1 Å². The Labute approximate surface area is 157 Å². The number of fused-ring (bicyclic) bond motifs is 1. The van der Waals surface area contributed by atoms with Gasteiger partial charge in [0.2, 0.25) is 5.95 Å². The lowest BCUT2D eigenvalue weighted by atomic mass is 10.1. The third kappa shape index (κ3) is 3.13. The van der Waals surface area contributed by atoms with Gasteiger partial charge in [-0.15, -0.1) is 0 Å². The zero-order valence-corrected chi connectivity index (χ0v) is 15.1. The molecule has 3 aromatic rings. The molecule has 1 aliphatic heterocycles. The number of nitriles is 1. The van der Waals surface area contributed by atoms with Crippen LogP contribution in [0.4, 0.5) is 10.3 Å². The van der Waals surface area contributed by atoms with Gasteiger partial charge in [0.15, 0.2) is 0 Å². The van der Waals surface area contributed by atoms with E-state index in [1.807, 2.05) is 37.3 Å². The highest BCUT2D eigenvalue weighted by molar-refractivity contribution is 5.79. The van der Waals surface area contributed by atoms with Crippen molar-refractivity contribution in [2.24, 2.45) is 5.73 Å². The molecule has 2 N–H and O–H groups in total. The van der Waals surface area contributed by atoms with Gasteiger partial charge in [0.05, 0.1) is 34.4 Å². The number of nitrogens with zero attached hydrogens (tertiary/aromatic N) is 5. The van der Waals surface area contributed by atoms with Crippen molar-refractivity contribution in [1.82, 2.24) is 14.5 Å². The van der Waals surface area contributed by atoms with E-state index in [-0.39, 0.29) is 6.04 Å². The molecule has 4 rings (SSSR count). The van der Waals surface area contributed by atoms with E-state index < -0.39 is 12.2 Å². The first-order valence-electron chi connectivity index (χ1n) is 9.06. The van der Waals surface area contributed by atoms with Gasteiger partial charge in [-0.25, -0.2) is 9.37 Å². The SMILES string of the molecule is CC(c1ccc(C#N)cn1)n1c(N2CC[C@@H](F)[C@H](N)C2)nc2ccccc21. The summed E-state index contributed by atoms with van der Waals surface area (Å²) < 4.78 is 16.0. The molecule has 27 heavy (non-hydrogen) atoms. The van der Waals surface area contributed by atoms with Crippen molar-refractivity contribution >= 4 is 17.0 Å². The van der Waals surface area contributed by atoms with Crippen LogP contribution in [0.5, 0.6) is 0 Å². The average molecular weight is 364 g/mol. The summed E-state index contributed by atoms with van der Waals surface area (Å²) in [5, 5.41) is 9.00. The van der Waals surface area contributed by atoms with E-state index in [2.05, 4.69) is 20.5 Å². The molecule has 0 radical (unpaired) electrons. The number of rotatable bonds is 3. The number of aromatic nitrogens is 3. The van der Waals surface area contributed by atoms with Crippen LogP contribution < -0.4 is 10.6 Å². The quantitative estimate of drug-likeness (QED) is 0.773. The standard InChI is InChI=1S/C20H21FN6/c1-13(17-7-6-14(10-22)11-24-17)27-19-5-3-2-4-18(19)25-20(27)26-9-8-15(21)16(23)12-26/h2-7,11,13,15-16H,8-9,12,23H2,1H3/t13?,15-,16-/m1/s1. The summed E-state index contributed by atoms with van der Waals surface area (Å²) in [6.45, 7) is 3.05. The van der Waals surface area contributed by atoms with Crippen molar-refractivity contribution in [3.05, 3.63) is 53.9 Å². The Balaban J connectivity index is 1.79. The summed E-state index contributed by atoms with van der Waals surface area (Å²) in [7, 11) is 0. The minimum atomic E-state index is -0.975. The Kier molecular flexibility index (Phi) is 4.50. The summed E-state index contributed by atoms with van der Waals surface area (Å²) in [4.78, 5) is 11.3. The van der Waals surface area contributed by atoms with Gasteiger partial charge in [0.1, 0.15) is 12.2 Å². The number of alkyl halides is 1. The molecule has 1 unspecified atom stereocenters. The number of hydrogen-bond donors (Lipinski definition) is 1. The molecule has 1 aliphatic rings. The second kappa shape index (κ2) is 6.97. The van der Waals surface area contributed by atoms with E-state index in [4.69, 9.17) is 16.0 Å². The highest BCUT2D eigenvalue weighted by Crippen LogP contribution is 2.31.